The Morgan fingerprint density at radius 1 is 1.36 bits per heavy atom. The molecule has 0 aliphatic heterocycles. The predicted octanol–water partition coefficient (Wildman–Crippen LogP) is 2.14. The van der Waals surface area contributed by atoms with E-state index in [-0.39, 0.29) is 6.04 Å². The molecule has 1 atom stereocenters. The summed E-state index contributed by atoms with van der Waals surface area (Å²) >= 11 is 0. The maximum absolute atomic E-state index is 5.71. The van der Waals surface area contributed by atoms with Gasteiger partial charge in [0.05, 0.1) is 0 Å². The lowest BCUT2D eigenvalue weighted by molar-refractivity contribution is 0.207. The number of hydrogen-bond donors (Lipinski definition) is 2. The zero-order chi connectivity index (χ0) is 10.6. The van der Waals surface area contributed by atoms with Crippen molar-refractivity contribution in [3.05, 3.63) is 0 Å². The highest BCUT2D eigenvalue weighted by Crippen LogP contribution is 2.38. The lowest BCUT2D eigenvalue weighted by Crippen LogP contribution is -2.39. The van der Waals surface area contributed by atoms with Gasteiger partial charge in [-0.3, -0.25) is 0 Å². The van der Waals surface area contributed by atoms with E-state index in [0.29, 0.717) is 5.41 Å². The number of nitrogens with two attached hydrogens (primary N) is 1. The summed E-state index contributed by atoms with van der Waals surface area (Å²) in [5.74, 6) is 0.920. The summed E-state index contributed by atoms with van der Waals surface area (Å²) in [6.07, 6.45) is 5.71. The van der Waals surface area contributed by atoms with Gasteiger partial charge in [-0.05, 0) is 31.1 Å². The molecule has 0 aromatic rings. The van der Waals surface area contributed by atoms with Crippen LogP contribution in [0.5, 0.6) is 0 Å². The van der Waals surface area contributed by atoms with Crippen LogP contribution >= 0.6 is 0 Å². The van der Waals surface area contributed by atoms with Crippen molar-refractivity contribution in [3.63, 3.8) is 0 Å². The van der Waals surface area contributed by atoms with Crippen LogP contribution in [0.15, 0.2) is 0 Å². The Morgan fingerprint density at radius 2 is 1.93 bits per heavy atom. The van der Waals surface area contributed by atoms with Crippen LogP contribution in [-0.4, -0.2) is 19.1 Å². The summed E-state index contributed by atoms with van der Waals surface area (Å²) in [5, 5.41) is 3.48. The highest BCUT2D eigenvalue weighted by atomic mass is 14.9. The van der Waals surface area contributed by atoms with Gasteiger partial charge in [-0.2, -0.15) is 0 Å². The first-order valence-electron chi connectivity index (χ1n) is 5.98. The molecule has 1 unspecified atom stereocenters. The Kier molecular flexibility index (Phi) is 4.39. The maximum atomic E-state index is 5.71. The van der Waals surface area contributed by atoms with Gasteiger partial charge < -0.3 is 11.1 Å². The molecule has 0 heterocycles. The van der Waals surface area contributed by atoms with Crippen molar-refractivity contribution in [2.24, 2.45) is 17.1 Å². The predicted molar refractivity (Wildman–Crippen MR) is 62.3 cm³/mol. The smallest absolute Gasteiger partial charge is 0.0136 e. The molecule has 0 aromatic heterocycles. The van der Waals surface area contributed by atoms with Crippen molar-refractivity contribution in [3.8, 4) is 0 Å². The van der Waals surface area contributed by atoms with Crippen LogP contribution in [0, 0.1) is 11.3 Å². The third-order valence-corrected chi connectivity index (χ3v) is 3.51. The number of rotatable bonds is 5. The highest BCUT2D eigenvalue weighted by molar-refractivity contribution is 4.84. The van der Waals surface area contributed by atoms with Gasteiger partial charge in [-0.1, -0.05) is 26.7 Å². The molecule has 2 heteroatoms. The van der Waals surface area contributed by atoms with Crippen molar-refractivity contribution in [2.45, 2.75) is 52.5 Å². The van der Waals surface area contributed by atoms with E-state index in [9.17, 15) is 0 Å². The first-order valence-corrected chi connectivity index (χ1v) is 5.98. The standard InChI is InChI=1S/C12H26N2/c1-10(13)8-14-9-12(2,3)11-6-4-5-7-11/h10-11,14H,4-9,13H2,1-3H3. The SMILES string of the molecule is CC(N)CNCC(C)(C)C1CCCC1. The Balaban J connectivity index is 2.25. The zero-order valence-electron chi connectivity index (χ0n) is 9.97. The lowest BCUT2D eigenvalue weighted by Gasteiger charge is -2.32. The topological polar surface area (TPSA) is 38.0 Å². The van der Waals surface area contributed by atoms with Gasteiger partial charge in [0.2, 0.25) is 0 Å². The normalized spacial score (nSPS) is 21.4. The summed E-state index contributed by atoms with van der Waals surface area (Å²) in [6, 6.07) is 0.273. The summed E-state index contributed by atoms with van der Waals surface area (Å²) in [7, 11) is 0. The molecule has 3 N–H and O–H groups in total. The number of hydrogen-bond acceptors (Lipinski definition) is 2. The fourth-order valence-electron chi connectivity index (χ4n) is 2.47. The van der Waals surface area contributed by atoms with Crippen LogP contribution < -0.4 is 11.1 Å². The van der Waals surface area contributed by atoms with E-state index in [4.69, 9.17) is 5.73 Å². The molecule has 1 saturated carbocycles. The second-order valence-corrected chi connectivity index (χ2v) is 5.58. The molecule has 0 spiro atoms. The van der Waals surface area contributed by atoms with Crippen LogP contribution in [0.2, 0.25) is 0 Å². The van der Waals surface area contributed by atoms with Crippen LogP contribution in [0.4, 0.5) is 0 Å². The largest absolute Gasteiger partial charge is 0.327 e. The summed E-state index contributed by atoms with van der Waals surface area (Å²) in [5.41, 5.74) is 6.16. The van der Waals surface area contributed by atoms with Gasteiger partial charge in [0.15, 0.2) is 0 Å². The van der Waals surface area contributed by atoms with Crippen molar-refractivity contribution in [2.75, 3.05) is 13.1 Å². The third-order valence-electron chi connectivity index (χ3n) is 3.51. The van der Waals surface area contributed by atoms with Crippen LogP contribution in [-0.2, 0) is 0 Å². The minimum atomic E-state index is 0.273. The van der Waals surface area contributed by atoms with Gasteiger partial charge in [-0.25, -0.2) is 0 Å². The molecule has 0 aromatic carbocycles. The average molecular weight is 198 g/mol. The summed E-state index contributed by atoms with van der Waals surface area (Å²) < 4.78 is 0. The third kappa shape index (κ3) is 3.58. The summed E-state index contributed by atoms with van der Waals surface area (Å²) in [4.78, 5) is 0. The molecule has 1 aliphatic rings. The number of nitrogens with one attached hydrogen (secondary N) is 1. The van der Waals surface area contributed by atoms with Gasteiger partial charge in [0.25, 0.3) is 0 Å². The molecule has 0 bridgehead atoms. The van der Waals surface area contributed by atoms with E-state index in [2.05, 4.69) is 26.1 Å². The molecule has 2 nitrogen and oxygen atoms in total. The molecule has 1 rings (SSSR count). The van der Waals surface area contributed by atoms with Gasteiger partial charge in [0.1, 0.15) is 0 Å². The Labute approximate surface area is 88.6 Å². The second-order valence-electron chi connectivity index (χ2n) is 5.58. The van der Waals surface area contributed by atoms with Gasteiger partial charge in [0, 0.05) is 19.1 Å². The first-order chi connectivity index (χ1) is 6.52. The van der Waals surface area contributed by atoms with Crippen LogP contribution in [0.25, 0.3) is 0 Å². The molecule has 14 heavy (non-hydrogen) atoms. The molecular weight excluding hydrogens is 172 g/mol. The fourth-order valence-corrected chi connectivity index (χ4v) is 2.47. The van der Waals surface area contributed by atoms with E-state index >= 15 is 0 Å². The lowest BCUT2D eigenvalue weighted by atomic mass is 9.78. The van der Waals surface area contributed by atoms with Gasteiger partial charge in [-0.15, -0.1) is 0 Å². The molecule has 0 radical (unpaired) electrons. The van der Waals surface area contributed by atoms with E-state index in [1.54, 1.807) is 0 Å². The van der Waals surface area contributed by atoms with E-state index in [0.717, 1.165) is 19.0 Å². The minimum Gasteiger partial charge on any atom is -0.327 e. The van der Waals surface area contributed by atoms with Crippen LogP contribution in [0.3, 0.4) is 0 Å². The molecule has 84 valence electrons. The fraction of sp³-hybridized carbons (Fsp3) is 1.00. The van der Waals surface area contributed by atoms with E-state index < -0.39 is 0 Å². The van der Waals surface area contributed by atoms with Crippen molar-refractivity contribution >= 4 is 0 Å². The van der Waals surface area contributed by atoms with Crippen molar-refractivity contribution in [1.82, 2.24) is 5.32 Å². The van der Waals surface area contributed by atoms with Crippen LogP contribution in [0.1, 0.15) is 46.5 Å². The second kappa shape index (κ2) is 5.13. The van der Waals surface area contributed by atoms with Crippen molar-refractivity contribution in [1.29, 1.82) is 0 Å². The quantitative estimate of drug-likeness (QED) is 0.710. The molecular formula is C12H26N2. The maximum Gasteiger partial charge on any atom is 0.0136 e. The monoisotopic (exact) mass is 198 g/mol. The Bertz CT molecular complexity index is 158. The highest BCUT2D eigenvalue weighted by Gasteiger charge is 2.31. The molecule has 0 saturated heterocycles. The average Bonchev–Trinajstić information content (AvgIpc) is 2.54. The zero-order valence-corrected chi connectivity index (χ0v) is 9.97. The Hall–Kier alpha value is -0.0800. The summed E-state index contributed by atoms with van der Waals surface area (Å²) in [6.45, 7) is 8.87. The van der Waals surface area contributed by atoms with E-state index in [1.807, 2.05) is 0 Å². The molecule has 0 amide bonds. The molecule has 1 aliphatic carbocycles. The van der Waals surface area contributed by atoms with Gasteiger partial charge >= 0.3 is 0 Å². The Morgan fingerprint density at radius 3 is 2.43 bits per heavy atom. The van der Waals surface area contributed by atoms with E-state index in [1.165, 1.54) is 25.7 Å². The minimum absolute atomic E-state index is 0.273. The first kappa shape index (κ1) is 12.0. The van der Waals surface area contributed by atoms with Crippen molar-refractivity contribution < 1.29 is 0 Å². The molecule has 1 fully saturated rings.